The van der Waals surface area contributed by atoms with Crippen LogP contribution in [0.5, 0.6) is 0 Å². The molecule has 0 atom stereocenters. The highest BCUT2D eigenvalue weighted by Crippen LogP contribution is 2.16. The van der Waals surface area contributed by atoms with Gasteiger partial charge in [-0.1, -0.05) is 0 Å². The summed E-state index contributed by atoms with van der Waals surface area (Å²) in [6.07, 6.45) is 3.41. The van der Waals surface area contributed by atoms with Gasteiger partial charge in [0.25, 0.3) is 0 Å². The highest BCUT2D eigenvalue weighted by molar-refractivity contribution is 5.95. The van der Waals surface area contributed by atoms with Crippen LogP contribution in [0.3, 0.4) is 0 Å². The maximum atomic E-state index is 7.44. The summed E-state index contributed by atoms with van der Waals surface area (Å²) in [5.41, 5.74) is 14.8. The standard InChI is InChI=1S/C21H30N6.2ClH/c1-26(18-10-6-16(7-11-18)20(22)23)14-4-3-5-15-27(2)19-12-8-17(9-13-19)21(24)25;;/h6-13H,3-5,14-15H2,1-2H3,(H3,22,23)(H3,24,25);2*1H. The fourth-order valence-corrected chi connectivity index (χ4v) is 2.92. The van der Waals surface area contributed by atoms with E-state index in [1.165, 1.54) is 0 Å². The first-order valence-electron chi connectivity index (χ1n) is 9.19. The summed E-state index contributed by atoms with van der Waals surface area (Å²) in [5.74, 6) is 0.202. The monoisotopic (exact) mass is 438 g/mol. The van der Waals surface area contributed by atoms with E-state index >= 15 is 0 Å². The number of rotatable bonds is 10. The van der Waals surface area contributed by atoms with Crippen LogP contribution < -0.4 is 21.3 Å². The summed E-state index contributed by atoms with van der Waals surface area (Å²) in [6.45, 7) is 1.99. The van der Waals surface area contributed by atoms with Gasteiger partial charge in [-0.3, -0.25) is 10.8 Å². The van der Waals surface area contributed by atoms with Gasteiger partial charge in [0.2, 0.25) is 0 Å². The predicted molar refractivity (Wildman–Crippen MR) is 130 cm³/mol. The molecule has 0 unspecified atom stereocenters. The van der Waals surface area contributed by atoms with Crippen LogP contribution in [0.4, 0.5) is 11.4 Å². The van der Waals surface area contributed by atoms with Crippen LogP contribution >= 0.6 is 24.8 Å². The molecular formula is C21H32Cl2N6. The van der Waals surface area contributed by atoms with Crippen molar-refractivity contribution in [1.29, 1.82) is 10.8 Å². The third-order valence-corrected chi connectivity index (χ3v) is 4.73. The first-order valence-corrected chi connectivity index (χ1v) is 9.19. The lowest BCUT2D eigenvalue weighted by molar-refractivity contribution is 0.666. The minimum atomic E-state index is 0. The number of unbranched alkanes of at least 4 members (excludes halogenated alkanes) is 2. The Balaban J connectivity index is 0.00000392. The molecule has 0 amide bonds. The Bertz CT molecular complexity index is 696. The molecule has 0 saturated carbocycles. The summed E-state index contributed by atoms with van der Waals surface area (Å²) in [4.78, 5) is 4.46. The number of hydrogen-bond donors (Lipinski definition) is 4. The molecule has 0 bridgehead atoms. The average molecular weight is 439 g/mol. The average Bonchev–Trinajstić information content (AvgIpc) is 2.67. The third kappa shape index (κ3) is 8.21. The molecule has 29 heavy (non-hydrogen) atoms. The quantitative estimate of drug-likeness (QED) is 0.256. The van der Waals surface area contributed by atoms with Gasteiger partial charge < -0.3 is 21.3 Å². The Morgan fingerprint density at radius 1 is 0.655 bits per heavy atom. The number of benzene rings is 2. The van der Waals surface area contributed by atoms with Crippen LogP contribution in [0.15, 0.2) is 48.5 Å². The lowest BCUT2D eigenvalue weighted by Gasteiger charge is -2.21. The van der Waals surface area contributed by atoms with Gasteiger partial charge in [0, 0.05) is 49.7 Å². The number of nitrogen functional groups attached to an aromatic ring is 2. The van der Waals surface area contributed by atoms with Crippen LogP contribution in [0.2, 0.25) is 0 Å². The number of anilines is 2. The first-order chi connectivity index (χ1) is 12.9. The number of halogens is 2. The predicted octanol–water partition coefficient (Wildman–Crippen LogP) is 3.84. The molecule has 0 aromatic heterocycles. The minimum absolute atomic E-state index is 0. The number of nitrogens with one attached hydrogen (secondary N) is 2. The molecule has 6 nitrogen and oxygen atoms in total. The normalized spacial score (nSPS) is 9.72. The maximum Gasteiger partial charge on any atom is 0.122 e. The first kappa shape index (κ1) is 26.6. The molecule has 0 aliphatic heterocycles. The van der Waals surface area contributed by atoms with Crippen LogP contribution in [0, 0.1) is 10.8 Å². The van der Waals surface area contributed by atoms with E-state index in [0.717, 1.165) is 54.9 Å². The molecule has 0 fully saturated rings. The molecule has 0 radical (unpaired) electrons. The Kier molecular flexibility index (Phi) is 11.8. The number of amidine groups is 2. The molecule has 2 rings (SSSR count). The van der Waals surface area contributed by atoms with Crippen molar-refractivity contribution in [3.8, 4) is 0 Å². The zero-order valence-electron chi connectivity index (χ0n) is 17.0. The molecule has 0 spiro atoms. The van der Waals surface area contributed by atoms with Crippen LogP contribution in [-0.4, -0.2) is 38.9 Å². The van der Waals surface area contributed by atoms with Crippen molar-refractivity contribution in [2.24, 2.45) is 11.5 Å². The molecule has 0 heterocycles. The number of hydrogen-bond acceptors (Lipinski definition) is 4. The van der Waals surface area contributed by atoms with Crippen molar-refractivity contribution in [1.82, 2.24) is 0 Å². The molecular weight excluding hydrogens is 407 g/mol. The molecule has 0 aliphatic carbocycles. The largest absolute Gasteiger partial charge is 0.384 e. The molecule has 8 heteroatoms. The summed E-state index contributed by atoms with van der Waals surface area (Å²) in [6, 6.07) is 15.6. The zero-order chi connectivity index (χ0) is 19.8. The van der Waals surface area contributed by atoms with E-state index in [9.17, 15) is 0 Å². The fraction of sp³-hybridized carbons (Fsp3) is 0.333. The summed E-state index contributed by atoms with van der Waals surface area (Å²) < 4.78 is 0. The van der Waals surface area contributed by atoms with Crippen molar-refractivity contribution in [2.75, 3.05) is 37.0 Å². The second-order valence-corrected chi connectivity index (χ2v) is 6.82. The van der Waals surface area contributed by atoms with Crippen molar-refractivity contribution >= 4 is 47.9 Å². The van der Waals surface area contributed by atoms with Crippen molar-refractivity contribution in [3.05, 3.63) is 59.7 Å². The molecule has 160 valence electrons. The van der Waals surface area contributed by atoms with Gasteiger partial charge >= 0.3 is 0 Å². The third-order valence-electron chi connectivity index (χ3n) is 4.73. The van der Waals surface area contributed by atoms with E-state index in [4.69, 9.17) is 22.3 Å². The van der Waals surface area contributed by atoms with Crippen molar-refractivity contribution in [2.45, 2.75) is 19.3 Å². The Hall–Kier alpha value is -2.44. The van der Waals surface area contributed by atoms with Gasteiger partial charge in [-0.05, 0) is 67.8 Å². The lowest BCUT2D eigenvalue weighted by atomic mass is 10.1. The Morgan fingerprint density at radius 2 is 0.966 bits per heavy atom. The molecule has 0 aliphatic rings. The van der Waals surface area contributed by atoms with Gasteiger partial charge in [-0.2, -0.15) is 0 Å². The van der Waals surface area contributed by atoms with E-state index in [2.05, 4.69) is 23.9 Å². The van der Waals surface area contributed by atoms with E-state index in [1.807, 2.05) is 48.5 Å². The SMILES string of the molecule is CN(CCCCCN(C)c1ccc(C(=N)N)cc1)c1ccc(C(=N)N)cc1.Cl.Cl. The molecule has 0 saturated heterocycles. The van der Waals surface area contributed by atoms with E-state index in [1.54, 1.807) is 0 Å². The summed E-state index contributed by atoms with van der Waals surface area (Å²) in [5, 5.41) is 14.9. The van der Waals surface area contributed by atoms with Crippen LogP contribution in [0.25, 0.3) is 0 Å². The smallest absolute Gasteiger partial charge is 0.122 e. The van der Waals surface area contributed by atoms with Gasteiger partial charge in [0.15, 0.2) is 0 Å². The van der Waals surface area contributed by atoms with Crippen molar-refractivity contribution < 1.29 is 0 Å². The molecule has 2 aromatic rings. The second-order valence-electron chi connectivity index (χ2n) is 6.82. The van der Waals surface area contributed by atoms with Gasteiger partial charge in [0.1, 0.15) is 11.7 Å². The highest BCUT2D eigenvalue weighted by atomic mass is 35.5. The second kappa shape index (κ2) is 12.9. The van der Waals surface area contributed by atoms with Crippen LogP contribution in [-0.2, 0) is 0 Å². The Labute approximate surface area is 186 Å². The fourth-order valence-electron chi connectivity index (χ4n) is 2.92. The minimum Gasteiger partial charge on any atom is -0.384 e. The number of nitrogens with two attached hydrogens (primary N) is 2. The van der Waals surface area contributed by atoms with E-state index < -0.39 is 0 Å². The number of nitrogens with zero attached hydrogens (tertiary/aromatic N) is 2. The maximum absolute atomic E-state index is 7.44. The van der Waals surface area contributed by atoms with Crippen molar-refractivity contribution in [3.63, 3.8) is 0 Å². The van der Waals surface area contributed by atoms with Gasteiger partial charge in [-0.25, -0.2) is 0 Å². The summed E-state index contributed by atoms with van der Waals surface area (Å²) >= 11 is 0. The Morgan fingerprint density at radius 3 is 1.24 bits per heavy atom. The van der Waals surface area contributed by atoms with E-state index in [0.29, 0.717) is 0 Å². The lowest BCUT2D eigenvalue weighted by Crippen LogP contribution is -2.21. The molecule has 6 N–H and O–H groups in total. The zero-order valence-corrected chi connectivity index (χ0v) is 18.7. The topological polar surface area (TPSA) is 106 Å². The van der Waals surface area contributed by atoms with E-state index in [-0.39, 0.29) is 36.5 Å². The van der Waals surface area contributed by atoms with Gasteiger partial charge in [0.05, 0.1) is 0 Å². The van der Waals surface area contributed by atoms with Gasteiger partial charge in [-0.15, -0.1) is 24.8 Å². The highest BCUT2D eigenvalue weighted by Gasteiger charge is 2.04. The molecule has 2 aromatic carbocycles. The van der Waals surface area contributed by atoms with Crippen LogP contribution in [0.1, 0.15) is 30.4 Å². The summed E-state index contributed by atoms with van der Waals surface area (Å²) in [7, 11) is 4.18.